The van der Waals surface area contributed by atoms with E-state index in [0.717, 1.165) is 10.8 Å². The van der Waals surface area contributed by atoms with Crippen LogP contribution in [0.25, 0.3) is 27.9 Å². The van der Waals surface area contributed by atoms with E-state index in [0.29, 0.717) is 46.7 Å². The molecule has 5 rings (SSSR count). The number of methoxy groups -OCH3 is 1. The number of amides is 1. The van der Waals surface area contributed by atoms with Crippen LogP contribution < -0.4 is 15.4 Å². The molecule has 11 heteroatoms. The third-order valence-corrected chi connectivity index (χ3v) is 5.00. The predicted octanol–water partition coefficient (Wildman–Crippen LogP) is 2.48. The van der Waals surface area contributed by atoms with Crippen molar-refractivity contribution in [3.05, 3.63) is 72.0 Å². The van der Waals surface area contributed by atoms with Gasteiger partial charge < -0.3 is 24.6 Å². The highest BCUT2D eigenvalue weighted by Gasteiger charge is 2.19. The Morgan fingerprint density at radius 3 is 2.94 bits per heavy atom. The largest absolute Gasteiger partial charge is 0.443 e. The Morgan fingerprint density at radius 1 is 1.26 bits per heavy atom. The van der Waals surface area contributed by atoms with Gasteiger partial charge in [0, 0.05) is 30.5 Å². The van der Waals surface area contributed by atoms with Crippen LogP contribution >= 0.6 is 0 Å². The van der Waals surface area contributed by atoms with E-state index in [2.05, 4.69) is 31.1 Å². The number of aromatic nitrogens is 5. The smallest absolute Gasteiger partial charge is 0.267 e. The topological polar surface area (TPSA) is 129 Å². The molecule has 0 radical (unpaired) electrons. The fourth-order valence-corrected chi connectivity index (χ4v) is 3.49. The second kappa shape index (κ2) is 9.16. The number of hydrogen-bond donors (Lipinski definition) is 2. The number of nitrogens with zero attached hydrogens (tertiary/aromatic N) is 5. The minimum atomic E-state index is -0.197. The number of likely N-dealkylation sites (N-methyl/N-ethyl adjacent to an activating group) is 1. The van der Waals surface area contributed by atoms with Crippen LogP contribution in [0.2, 0.25) is 0 Å². The number of carbonyl (C=O) groups excluding carboxylic acids is 1. The molecular formula is C23H21N7O4. The van der Waals surface area contributed by atoms with E-state index in [-0.39, 0.29) is 12.5 Å². The van der Waals surface area contributed by atoms with Gasteiger partial charge in [0.05, 0.1) is 5.70 Å². The first-order valence-corrected chi connectivity index (χ1v) is 10.6. The van der Waals surface area contributed by atoms with Crippen molar-refractivity contribution in [3.63, 3.8) is 0 Å². The maximum absolute atomic E-state index is 12.1. The van der Waals surface area contributed by atoms with Crippen LogP contribution in [-0.4, -0.2) is 44.5 Å². The van der Waals surface area contributed by atoms with Crippen LogP contribution in [0.1, 0.15) is 12.7 Å². The molecule has 1 aliphatic heterocycles. The lowest BCUT2D eigenvalue weighted by Crippen LogP contribution is -2.32. The fraction of sp³-hybridized carbons (Fsp3) is 0.174. The first kappa shape index (κ1) is 21.3. The molecule has 0 bridgehead atoms. The van der Waals surface area contributed by atoms with Crippen molar-refractivity contribution in [2.45, 2.75) is 13.5 Å². The van der Waals surface area contributed by atoms with E-state index in [4.69, 9.17) is 14.0 Å². The summed E-state index contributed by atoms with van der Waals surface area (Å²) < 4.78 is 17.9. The summed E-state index contributed by atoms with van der Waals surface area (Å²) in [6.45, 7) is 2.68. The quantitative estimate of drug-likeness (QED) is 0.400. The molecule has 0 unspecified atom stereocenters. The summed E-state index contributed by atoms with van der Waals surface area (Å²) in [5.41, 5.74) is 2.05. The second-order valence-electron chi connectivity index (χ2n) is 7.34. The number of benzene rings is 1. The number of allylic oxidation sites excluding steroid dienone is 3. The monoisotopic (exact) mass is 459 g/mol. The highest BCUT2D eigenvalue weighted by molar-refractivity contribution is 5.97. The summed E-state index contributed by atoms with van der Waals surface area (Å²) in [7, 11) is 1.58. The summed E-state index contributed by atoms with van der Waals surface area (Å²) in [5, 5.41) is 24.6. The summed E-state index contributed by atoms with van der Waals surface area (Å²) in [6, 6.07) is 9.33. The van der Waals surface area contributed by atoms with E-state index in [1.165, 1.54) is 6.26 Å². The summed E-state index contributed by atoms with van der Waals surface area (Å²) in [5.74, 6) is 1.10. The molecule has 11 nitrogen and oxygen atoms in total. The van der Waals surface area contributed by atoms with E-state index < -0.39 is 0 Å². The highest BCUT2D eigenvalue weighted by Crippen LogP contribution is 2.29. The van der Waals surface area contributed by atoms with Gasteiger partial charge in [-0.15, -0.1) is 15.3 Å². The van der Waals surface area contributed by atoms with Crippen LogP contribution in [0.3, 0.4) is 0 Å². The molecule has 3 aromatic heterocycles. The molecule has 0 fully saturated rings. The van der Waals surface area contributed by atoms with Crippen molar-refractivity contribution in [1.82, 2.24) is 35.6 Å². The number of rotatable bonds is 7. The average molecular weight is 459 g/mol. The third-order valence-electron chi connectivity index (χ3n) is 5.00. The lowest BCUT2D eigenvalue weighted by Gasteiger charge is -2.14. The molecule has 0 saturated carbocycles. The third kappa shape index (κ3) is 3.99. The molecule has 0 spiro atoms. The van der Waals surface area contributed by atoms with Crippen molar-refractivity contribution < 1.29 is 18.8 Å². The maximum atomic E-state index is 12.1. The minimum Gasteiger partial charge on any atom is -0.443 e. The van der Waals surface area contributed by atoms with Crippen LogP contribution in [0, 0.1) is 0 Å². The molecular weight excluding hydrogens is 438 g/mol. The van der Waals surface area contributed by atoms with Crippen LogP contribution in [0.5, 0.6) is 5.88 Å². The van der Waals surface area contributed by atoms with Gasteiger partial charge in [0.1, 0.15) is 18.6 Å². The normalized spacial score (nSPS) is 14.4. The molecule has 0 aliphatic carbocycles. The van der Waals surface area contributed by atoms with Crippen molar-refractivity contribution in [2.24, 2.45) is 0 Å². The zero-order chi connectivity index (χ0) is 23.5. The Hall–Kier alpha value is -4.51. The maximum Gasteiger partial charge on any atom is 0.267 e. The zero-order valence-corrected chi connectivity index (χ0v) is 18.5. The Kier molecular flexibility index (Phi) is 5.75. The van der Waals surface area contributed by atoms with Gasteiger partial charge in [-0.1, -0.05) is 29.4 Å². The van der Waals surface area contributed by atoms with E-state index in [1.54, 1.807) is 35.9 Å². The minimum absolute atomic E-state index is 0.197. The fourth-order valence-electron chi connectivity index (χ4n) is 3.49. The van der Waals surface area contributed by atoms with Gasteiger partial charge in [-0.25, -0.2) is 0 Å². The van der Waals surface area contributed by atoms with Crippen molar-refractivity contribution >= 4 is 22.3 Å². The van der Waals surface area contributed by atoms with E-state index >= 15 is 0 Å². The Balaban J connectivity index is 1.52. The lowest BCUT2D eigenvalue weighted by atomic mass is 10.2. The van der Waals surface area contributed by atoms with Gasteiger partial charge in [-0.05, 0) is 25.1 Å². The molecule has 1 aliphatic rings. The molecule has 1 aromatic carbocycles. The molecule has 4 heterocycles. The van der Waals surface area contributed by atoms with Crippen molar-refractivity contribution in [2.75, 3.05) is 13.7 Å². The summed E-state index contributed by atoms with van der Waals surface area (Å²) >= 11 is 0. The van der Waals surface area contributed by atoms with E-state index in [1.807, 2.05) is 31.2 Å². The number of nitrogens with one attached hydrogen (secondary N) is 2. The number of carbonyl (C=O) groups is 1. The summed E-state index contributed by atoms with van der Waals surface area (Å²) in [6.07, 6.45) is 6.76. The van der Waals surface area contributed by atoms with Crippen LogP contribution in [0.4, 0.5) is 0 Å². The van der Waals surface area contributed by atoms with Crippen molar-refractivity contribution in [3.8, 4) is 17.4 Å². The molecule has 0 saturated heterocycles. The molecule has 34 heavy (non-hydrogen) atoms. The first-order valence-electron chi connectivity index (χ1n) is 10.6. The van der Waals surface area contributed by atoms with E-state index in [9.17, 15) is 4.79 Å². The molecule has 2 N–H and O–H groups in total. The summed E-state index contributed by atoms with van der Waals surface area (Å²) in [4.78, 5) is 12.1. The highest BCUT2D eigenvalue weighted by atomic mass is 16.5. The molecule has 0 atom stereocenters. The lowest BCUT2D eigenvalue weighted by molar-refractivity contribution is -0.117. The van der Waals surface area contributed by atoms with Gasteiger partial charge in [-0.2, -0.15) is 4.52 Å². The number of fused-ring (bicyclic) bond motifs is 3. The van der Waals surface area contributed by atoms with Crippen LogP contribution in [0.15, 0.2) is 70.7 Å². The number of ether oxygens (including phenoxy) is 2. The average Bonchev–Trinajstić information content (AvgIpc) is 3.50. The molecule has 172 valence electrons. The predicted molar refractivity (Wildman–Crippen MR) is 122 cm³/mol. The van der Waals surface area contributed by atoms with Gasteiger partial charge >= 0.3 is 0 Å². The number of hydrogen-bond acceptors (Lipinski definition) is 9. The van der Waals surface area contributed by atoms with Gasteiger partial charge in [-0.3, -0.25) is 4.79 Å². The molecule has 4 aromatic rings. The Bertz CT molecular complexity index is 1460. The SMILES string of the molecule is CCNC(=O)C1=CC=CC(=COc2nn3c(-c4cc(COC)on4)nnc3c3ccccc23)N1. The van der Waals surface area contributed by atoms with Gasteiger partial charge in [0.25, 0.3) is 5.91 Å². The van der Waals surface area contributed by atoms with Gasteiger partial charge in [0.15, 0.2) is 17.1 Å². The van der Waals surface area contributed by atoms with Crippen LogP contribution in [-0.2, 0) is 16.1 Å². The van der Waals surface area contributed by atoms with Gasteiger partial charge in [0.2, 0.25) is 11.7 Å². The number of dihydropyridines is 1. The second-order valence-corrected chi connectivity index (χ2v) is 7.34. The standard InChI is InChI=1S/C23H21N7O4/c1-3-24-22(31)18-10-6-7-14(25-18)12-33-23-17-9-5-4-8-16(17)20-26-27-21(30(20)28-23)19-11-15(13-32-2)34-29-19/h4-12,25H,3,13H2,1-2H3,(H,24,31). The first-order chi connectivity index (χ1) is 16.7. The van der Waals surface area contributed by atoms with Crippen molar-refractivity contribution in [1.29, 1.82) is 0 Å². The Labute approximate surface area is 193 Å². The molecule has 1 amide bonds. The Morgan fingerprint density at radius 2 is 2.12 bits per heavy atom. The zero-order valence-electron chi connectivity index (χ0n) is 18.5.